The average Bonchev–Trinajstić information content (AvgIpc) is 2.46. The van der Waals surface area contributed by atoms with Crippen LogP contribution in [0.25, 0.3) is 0 Å². The lowest BCUT2D eigenvalue weighted by Gasteiger charge is -2.14. The van der Waals surface area contributed by atoms with Crippen LogP contribution >= 0.6 is 11.8 Å². The van der Waals surface area contributed by atoms with Crippen LogP contribution < -0.4 is 5.32 Å². The summed E-state index contributed by atoms with van der Waals surface area (Å²) in [5.41, 5.74) is 0. The van der Waals surface area contributed by atoms with Gasteiger partial charge in [-0.05, 0) is 32.5 Å². The first-order chi connectivity index (χ1) is 9.93. The predicted octanol–water partition coefficient (Wildman–Crippen LogP) is 1.67. The minimum absolute atomic E-state index is 0.127. The third-order valence-electron chi connectivity index (χ3n) is 2.68. The number of likely N-dealkylation sites (N-methyl/N-ethyl adjacent to an activating group) is 1. The quantitative estimate of drug-likeness (QED) is 0.769. The van der Waals surface area contributed by atoms with E-state index in [4.69, 9.17) is 0 Å². The van der Waals surface area contributed by atoms with Gasteiger partial charge in [-0.2, -0.15) is 5.26 Å². The molecule has 0 radical (unpaired) electrons. The second-order valence-electron chi connectivity index (χ2n) is 4.52. The zero-order valence-corrected chi connectivity index (χ0v) is 14.0. The van der Waals surface area contributed by atoms with Crippen molar-refractivity contribution in [2.24, 2.45) is 0 Å². The summed E-state index contributed by atoms with van der Waals surface area (Å²) in [6.45, 7) is 1.31. The highest BCUT2D eigenvalue weighted by Gasteiger charge is 2.24. The van der Waals surface area contributed by atoms with Crippen molar-refractivity contribution in [2.75, 3.05) is 33.4 Å². The Hall–Kier alpha value is -1.49. The van der Waals surface area contributed by atoms with Crippen LogP contribution in [0.1, 0.15) is 0 Å². The van der Waals surface area contributed by atoms with E-state index in [-0.39, 0.29) is 9.80 Å². The first-order valence-corrected chi connectivity index (χ1v) is 9.01. The summed E-state index contributed by atoms with van der Waals surface area (Å²) in [5, 5.41) is 12.7. The fourth-order valence-corrected chi connectivity index (χ4v) is 3.83. The smallest absolute Gasteiger partial charge is 0.219 e. The summed E-state index contributed by atoms with van der Waals surface area (Å²) in [6.07, 6.45) is 1.75. The van der Waals surface area contributed by atoms with Crippen LogP contribution in [0.4, 0.5) is 0 Å². The second-order valence-corrected chi connectivity index (χ2v) is 7.22. The lowest BCUT2D eigenvalue weighted by Crippen LogP contribution is -2.26. The molecule has 0 heterocycles. The number of sulfone groups is 1. The highest BCUT2D eigenvalue weighted by Crippen LogP contribution is 2.24. The van der Waals surface area contributed by atoms with E-state index in [1.54, 1.807) is 24.5 Å². The van der Waals surface area contributed by atoms with Crippen LogP contribution in [-0.4, -0.2) is 46.8 Å². The standard InChI is InChI=1S/C14H19N3O2S2/c1-17(2)10-9-16-14(20-3)13(11-15)21(18,19)12-7-5-4-6-8-12/h4-8,16H,9-10H2,1-3H3/b14-13+. The van der Waals surface area contributed by atoms with Gasteiger partial charge in [-0.1, -0.05) is 18.2 Å². The van der Waals surface area contributed by atoms with Crippen molar-refractivity contribution in [1.82, 2.24) is 10.2 Å². The number of nitriles is 1. The van der Waals surface area contributed by atoms with E-state index in [1.165, 1.54) is 23.9 Å². The molecule has 0 unspecified atom stereocenters. The SMILES string of the molecule is CS/C(NCCN(C)C)=C(\C#N)S(=O)(=O)c1ccccc1. The third kappa shape index (κ3) is 4.77. The molecule has 0 saturated carbocycles. The molecule has 1 aromatic rings. The van der Waals surface area contributed by atoms with Gasteiger partial charge in [0.1, 0.15) is 6.07 Å². The average molecular weight is 325 g/mol. The summed E-state index contributed by atoms with van der Waals surface area (Å²) >= 11 is 1.22. The monoisotopic (exact) mass is 325 g/mol. The van der Waals surface area contributed by atoms with Gasteiger partial charge in [0.15, 0.2) is 4.91 Å². The number of hydrogen-bond donors (Lipinski definition) is 1. The first-order valence-electron chi connectivity index (χ1n) is 6.30. The Labute approximate surface area is 130 Å². The molecule has 0 bridgehead atoms. The van der Waals surface area contributed by atoms with E-state index in [0.29, 0.717) is 11.6 Å². The Morgan fingerprint density at radius 2 is 1.95 bits per heavy atom. The van der Waals surface area contributed by atoms with Crippen LogP contribution in [0.15, 0.2) is 45.2 Å². The molecular weight excluding hydrogens is 306 g/mol. The van der Waals surface area contributed by atoms with Crippen molar-refractivity contribution in [1.29, 1.82) is 5.26 Å². The molecular formula is C14H19N3O2S2. The highest BCUT2D eigenvalue weighted by atomic mass is 32.2. The fourth-order valence-electron chi connectivity index (χ4n) is 1.59. The Kier molecular flexibility index (Phi) is 6.75. The van der Waals surface area contributed by atoms with E-state index >= 15 is 0 Å². The van der Waals surface area contributed by atoms with Crippen molar-refractivity contribution in [3.63, 3.8) is 0 Å². The number of rotatable bonds is 7. The third-order valence-corrected chi connectivity index (χ3v) is 5.29. The second kappa shape index (κ2) is 8.08. The molecule has 114 valence electrons. The number of hydrogen-bond acceptors (Lipinski definition) is 6. The van der Waals surface area contributed by atoms with Crippen LogP contribution in [0, 0.1) is 11.3 Å². The van der Waals surface area contributed by atoms with Gasteiger partial charge in [0, 0.05) is 13.1 Å². The van der Waals surface area contributed by atoms with Crippen LogP contribution in [-0.2, 0) is 9.84 Å². The van der Waals surface area contributed by atoms with E-state index < -0.39 is 9.84 Å². The summed E-state index contributed by atoms with van der Waals surface area (Å²) in [5.74, 6) is 0. The minimum Gasteiger partial charge on any atom is -0.377 e. The molecule has 7 heteroatoms. The fraction of sp³-hybridized carbons (Fsp3) is 0.357. The summed E-state index contributed by atoms with van der Waals surface area (Å²) in [4.78, 5) is 1.87. The number of nitrogens with zero attached hydrogens (tertiary/aromatic N) is 2. The van der Waals surface area contributed by atoms with Crippen molar-refractivity contribution >= 4 is 21.6 Å². The molecule has 0 aromatic heterocycles. The summed E-state index contributed by atoms with van der Waals surface area (Å²) in [7, 11) is 0.0618. The molecule has 0 aliphatic heterocycles. The lowest BCUT2D eigenvalue weighted by atomic mass is 10.4. The zero-order chi connectivity index (χ0) is 15.9. The molecule has 0 aliphatic rings. The number of benzene rings is 1. The molecule has 0 atom stereocenters. The van der Waals surface area contributed by atoms with E-state index in [2.05, 4.69) is 5.32 Å². The first kappa shape index (κ1) is 17.6. The van der Waals surface area contributed by atoms with E-state index in [9.17, 15) is 13.7 Å². The molecule has 0 spiro atoms. The largest absolute Gasteiger partial charge is 0.377 e. The van der Waals surface area contributed by atoms with Crippen molar-refractivity contribution in [3.8, 4) is 6.07 Å². The van der Waals surface area contributed by atoms with Crippen molar-refractivity contribution in [3.05, 3.63) is 40.3 Å². The molecule has 1 rings (SSSR count). The Morgan fingerprint density at radius 1 is 1.33 bits per heavy atom. The molecule has 5 nitrogen and oxygen atoms in total. The zero-order valence-electron chi connectivity index (χ0n) is 12.3. The predicted molar refractivity (Wildman–Crippen MR) is 86.3 cm³/mol. The van der Waals surface area contributed by atoms with E-state index in [1.807, 2.05) is 25.1 Å². The van der Waals surface area contributed by atoms with Crippen molar-refractivity contribution in [2.45, 2.75) is 4.90 Å². The van der Waals surface area contributed by atoms with Gasteiger partial charge in [-0.15, -0.1) is 11.8 Å². The number of thioether (sulfide) groups is 1. The topological polar surface area (TPSA) is 73.2 Å². The van der Waals surface area contributed by atoms with Gasteiger partial charge >= 0.3 is 0 Å². The maximum Gasteiger partial charge on any atom is 0.219 e. The maximum atomic E-state index is 12.5. The Morgan fingerprint density at radius 3 is 2.43 bits per heavy atom. The number of allylic oxidation sites excluding steroid dienone is 1. The van der Waals surface area contributed by atoms with Crippen LogP contribution in [0.5, 0.6) is 0 Å². The normalized spacial score (nSPS) is 12.7. The Balaban J connectivity index is 3.13. The van der Waals surface area contributed by atoms with Crippen molar-refractivity contribution < 1.29 is 8.42 Å². The van der Waals surface area contributed by atoms with Gasteiger partial charge < -0.3 is 10.2 Å². The molecule has 1 N–H and O–H groups in total. The summed E-state index contributed by atoms with van der Waals surface area (Å²) < 4.78 is 25.0. The van der Waals surface area contributed by atoms with Gasteiger partial charge in [0.25, 0.3) is 0 Å². The maximum absolute atomic E-state index is 12.5. The molecule has 0 saturated heterocycles. The van der Waals surface area contributed by atoms with Gasteiger partial charge in [0.2, 0.25) is 9.84 Å². The van der Waals surface area contributed by atoms with Crippen LogP contribution in [0.3, 0.4) is 0 Å². The molecule has 0 fully saturated rings. The highest BCUT2D eigenvalue weighted by molar-refractivity contribution is 8.04. The molecule has 21 heavy (non-hydrogen) atoms. The number of nitrogens with one attached hydrogen (secondary N) is 1. The van der Waals surface area contributed by atoms with Gasteiger partial charge in [-0.3, -0.25) is 0 Å². The molecule has 0 amide bonds. The minimum atomic E-state index is -3.79. The molecule has 1 aromatic carbocycles. The van der Waals surface area contributed by atoms with Gasteiger partial charge in [0.05, 0.1) is 9.92 Å². The summed E-state index contributed by atoms with van der Waals surface area (Å²) in [6, 6.07) is 9.82. The lowest BCUT2D eigenvalue weighted by molar-refractivity contribution is 0.409. The van der Waals surface area contributed by atoms with Crippen LogP contribution in [0.2, 0.25) is 0 Å². The van der Waals surface area contributed by atoms with Gasteiger partial charge in [-0.25, -0.2) is 8.42 Å². The molecule has 0 aliphatic carbocycles. The van der Waals surface area contributed by atoms with E-state index in [0.717, 1.165) is 6.54 Å². The Bertz CT molecular complexity index is 632.